The van der Waals surface area contributed by atoms with Crippen LogP contribution < -0.4 is 20.7 Å². The summed E-state index contributed by atoms with van der Waals surface area (Å²) in [6, 6.07) is 126. The standard InChI is InChI=1S/C88H55NSSi/c1-3-20-66(21-4-1)91(67-22-5-2-6-23-67)86-54-64(70-31-17-32-78-75-30-15-16-33-85(75)90-88(70)78)42-46-76(86)77-47-45-65(55-87(77)91)89-83-48-43-60(56-34-38-58(39-35-56)79-52-62-18-7-9-24-68(62)71-26-11-13-28-73(71)79)50-81(83)82-51-61(44-49-84(82)89)57-36-40-59(41-37-57)80-53-63-19-8-10-25-69(63)72-27-12-14-29-74(72)80/h1-55H. The minimum Gasteiger partial charge on any atom is -0.309 e. The summed E-state index contributed by atoms with van der Waals surface area (Å²) in [6.45, 7) is 0. The largest absolute Gasteiger partial charge is 0.309 e. The van der Waals surface area contributed by atoms with Gasteiger partial charge in [0.25, 0.3) is 0 Å². The summed E-state index contributed by atoms with van der Waals surface area (Å²) in [5.41, 5.74) is 18.4. The zero-order valence-electron chi connectivity index (χ0n) is 49.6. The third-order valence-electron chi connectivity index (χ3n) is 19.9. The molecule has 1 aliphatic rings. The normalized spacial score (nSPS) is 12.7. The van der Waals surface area contributed by atoms with Gasteiger partial charge in [0, 0.05) is 36.6 Å². The van der Waals surface area contributed by atoms with Gasteiger partial charge < -0.3 is 4.57 Å². The Morgan fingerprint density at radius 3 is 1.22 bits per heavy atom. The van der Waals surface area contributed by atoms with Gasteiger partial charge in [-0.05, 0) is 185 Å². The van der Waals surface area contributed by atoms with E-state index >= 15 is 0 Å². The second-order valence-corrected chi connectivity index (χ2v) is 29.4. The average Bonchev–Trinajstić information content (AvgIpc) is 1.55. The van der Waals surface area contributed by atoms with E-state index in [2.05, 4.69) is 338 Å². The highest BCUT2D eigenvalue weighted by atomic mass is 32.1. The fourth-order valence-corrected chi connectivity index (χ4v) is 22.2. The van der Waals surface area contributed by atoms with Gasteiger partial charge in [-0.15, -0.1) is 11.3 Å². The molecule has 16 aromatic carbocycles. The molecule has 0 fully saturated rings. The van der Waals surface area contributed by atoms with Crippen LogP contribution in [-0.2, 0) is 0 Å². The zero-order valence-corrected chi connectivity index (χ0v) is 51.4. The molecular formula is C88H55NSSi. The van der Waals surface area contributed by atoms with E-state index in [1.807, 2.05) is 11.3 Å². The lowest BCUT2D eigenvalue weighted by Gasteiger charge is -2.32. The first-order chi connectivity index (χ1) is 45.1. The predicted octanol–water partition coefficient (Wildman–Crippen LogP) is 21.5. The molecule has 0 unspecified atom stereocenters. The molecule has 1 nitrogen and oxygen atoms in total. The molecule has 0 N–H and O–H groups in total. The number of thiophene rings is 1. The van der Waals surface area contributed by atoms with Gasteiger partial charge in [0.1, 0.15) is 0 Å². The Bertz CT molecular complexity index is 5740. The highest BCUT2D eigenvalue weighted by Gasteiger charge is 2.49. The molecule has 1 aliphatic heterocycles. The molecule has 0 radical (unpaired) electrons. The molecule has 91 heavy (non-hydrogen) atoms. The second kappa shape index (κ2) is 20.4. The van der Waals surface area contributed by atoms with Crippen molar-refractivity contribution in [3.63, 3.8) is 0 Å². The van der Waals surface area contributed by atoms with Gasteiger partial charge >= 0.3 is 0 Å². The molecule has 0 saturated heterocycles. The van der Waals surface area contributed by atoms with Crippen LogP contribution >= 0.6 is 11.3 Å². The van der Waals surface area contributed by atoms with Crippen molar-refractivity contribution in [1.29, 1.82) is 0 Å². The van der Waals surface area contributed by atoms with Crippen LogP contribution in [0.15, 0.2) is 334 Å². The van der Waals surface area contributed by atoms with E-state index in [9.17, 15) is 0 Å². The fraction of sp³-hybridized carbons (Fsp3) is 0. The van der Waals surface area contributed by atoms with Gasteiger partial charge in [-0.1, -0.05) is 279 Å². The number of benzene rings is 16. The van der Waals surface area contributed by atoms with Gasteiger partial charge in [-0.2, -0.15) is 0 Å². The minimum absolute atomic E-state index is 1.16. The first kappa shape index (κ1) is 51.8. The summed E-state index contributed by atoms with van der Waals surface area (Å²) < 4.78 is 5.21. The van der Waals surface area contributed by atoms with E-state index in [1.165, 1.54) is 173 Å². The van der Waals surface area contributed by atoms with Crippen molar-refractivity contribution in [2.45, 2.75) is 0 Å². The van der Waals surface area contributed by atoms with Crippen molar-refractivity contribution >= 4 is 125 Å². The monoisotopic (exact) mass is 1190 g/mol. The molecule has 0 saturated carbocycles. The third kappa shape index (κ3) is 7.95. The summed E-state index contributed by atoms with van der Waals surface area (Å²) in [5, 5.41) is 20.9. The van der Waals surface area contributed by atoms with Crippen LogP contribution in [0.5, 0.6) is 0 Å². The van der Waals surface area contributed by atoms with Gasteiger partial charge in [-0.25, -0.2) is 0 Å². The minimum atomic E-state index is -3.00. The SMILES string of the molecule is c1ccc([Si]2(c3ccccc3)c3cc(-c4cccc5c4sc4ccccc45)ccc3-c3ccc(-n4c5ccc(-c6ccc(-c7cc8ccccc8c8ccccc78)cc6)cc5c5cc(-c6ccc(-c7cc8ccccc8c8ccccc78)cc6)ccc54)cc32)cc1. The molecule has 422 valence electrons. The highest BCUT2D eigenvalue weighted by Crippen LogP contribution is 2.44. The molecule has 0 atom stereocenters. The van der Waals surface area contributed by atoms with Crippen LogP contribution in [0.2, 0.25) is 0 Å². The summed E-state index contributed by atoms with van der Waals surface area (Å²) in [4.78, 5) is 0. The average molecular weight is 1190 g/mol. The first-order valence-electron chi connectivity index (χ1n) is 31.5. The van der Waals surface area contributed by atoms with Crippen LogP contribution in [0.3, 0.4) is 0 Å². The van der Waals surface area contributed by atoms with Crippen LogP contribution in [0.25, 0.3) is 158 Å². The Kier molecular flexibility index (Phi) is 11.6. The van der Waals surface area contributed by atoms with Crippen LogP contribution in [0.1, 0.15) is 0 Å². The number of aromatic nitrogens is 1. The maximum atomic E-state index is 2.58. The molecule has 18 aromatic rings. The van der Waals surface area contributed by atoms with Crippen molar-refractivity contribution < 1.29 is 0 Å². The molecule has 3 heterocycles. The number of fused-ring (bicyclic) bond motifs is 15. The van der Waals surface area contributed by atoms with Crippen LogP contribution in [0.4, 0.5) is 0 Å². The lowest BCUT2D eigenvalue weighted by Crippen LogP contribution is -2.72. The van der Waals surface area contributed by atoms with Crippen LogP contribution in [0, 0.1) is 0 Å². The molecule has 2 aromatic heterocycles. The van der Waals surface area contributed by atoms with E-state index in [-0.39, 0.29) is 0 Å². The van der Waals surface area contributed by atoms with Crippen molar-refractivity contribution in [2.24, 2.45) is 0 Å². The molecular weight excluding hydrogens is 1130 g/mol. The Hall–Kier alpha value is -11.2. The topological polar surface area (TPSA) is 4.93 Å². The first-order valence-corrected chi connectivity index (χ1v) is 34.3. The summed E-state index contributed by atoms with van der Waals surface area (Å²) >= 11 is 1.91. The van der Waals surface area contributed by atoms with E-state index in [0.29, 0.717) is 0 Å². The summed E-state index contributed by atoms with van der Waals surface area (Å²) in [6.07, 6.45) is 0. The zero-order chi connectivity index (χ0) is 59.7. The van der Waals surface area contributed by atoms with E-state index in [4.69, 9.17) is 0 Å². The van der Waals surface area contributed by atoms with Gasteiger partial charge in [-0.3, -0.25) is 0 Å². The number of nitrogens with zero attached hydrogens (tertiary/aromatic N) is 1. The Labute approximate surface area is 532 Å². The Morgan fingerprint density at radius 2 is 0.659 bits per heavy atom. The lowest BCUT2D eigenvalue weighted by molar-refractivity contribution is 1.18. The maximum Gasteiger partial charge on any atom is 0.180 e. The predicted molar refractivity (Wildman–Crippen MR) is 393 cm³/mol. The van der Waals surface area contributed by atoms with E-state index in [0.717, 1.165) is 5.69 Å². The van der Waals surface area contributed by atoms with Gasteiger partial charge in [0.15, 0.2) is 8.07 Å². The number of hydrogen-bond donors (Lipinski definition) is 0. The highest BCUT2D eigenvalue weighted by molar-refractivity contribution is 7.26. The van der Waals surface area contributed by atoms with Crippen molar-refractivity contribution in [1.82, 2.24) is 4.57 Å². The Morgan fingerprint density at radius 1 is 0.231 bits per heavy atom. The van der Waals surface area contributed by atoms with E-state index < -0.39 is 8.07 Å². The number of rotatable bonds is 8. The molecule has 0 bridgehead atoms. The smallest absolute Gasteiger partial charge is 0.180 e. The molecule has 0 aliphatic carbocycles. The second-order valence-electron chi connectivity index (χ2n) is 24.6. The molecule has 3 heteroatoms. The summed E-state index contributed by atoms with van der Waals surface area (Å²) in [7, 11) is -3.00. The summed E-state index contributed by atoms with van der Waals surface area (Å²) in [5.74, 6) is 0. The lowest BCUT2D eigenvalue weighted by atomic mass is 9.92. The van der Waals surface area contributed by atoms with E-state index in [1.54, 1.807) is 0 Å². The maximum absolute atomic E-state index is 3.00. The Balaban J connectivity index is 0.791. The van der Waals surface area contributed by atoms with Gasteiger partial charge in [0.2, 0.25) is 0 Å². The molecule has 19 rings (SSSR count). The molecule has 0 spiro atoms. The van der Waals surface area contributed by atoms with Gasteiger partial charge in [0.05, 0.1) is 11.0 Å². The van der Waals surface area contributed by atoms with Crippen molar-refractivity contribution in [3.8, 4) is 72.4 Å². The third-order valence-corrected chi connectivity index (χ3v) is 25.9. The molecule has 0 amide bonds. The quantitative estimate of drug-likeness (QED) is 0.106. The van der Waals surface area contributed by atoms with Crippen LogP contribution in [-0.4, -0.2) is 12.6 Å². The number of hydrogen-bond acceptors (Lipinski definition) is 1. The van der Waals surface area contributed by atoms with Crippen molar-refractivity contribution in [3.05, 3.63) is 334 Å². The fourth-order valence-electron chi connectivity index (χ4n) is 15.7. The van der Waals surface area contributed by atoms with Crippen molar-refractivity contribution in [2.75, 3.05) is 0 Å².